The van der Waals surface area contributed by atoms with Crippen LogP contribution in [0.15, 0.2) is 53.9 Å². The van der Waals surface area contributed by atoms with E-state index in [0.29, 0.717) is 5.69 Å². The Bertz CT molecular complexity index is 1110. The lowest BCUT2D eigenvalue weighted by Gasteiger charge is -2.09. The molecule has 0 aliphatic heterocycles. The molecule has 1 N–H and O–H groups in total. The minimum Gasteiger partial charge on any atom is -0.406 e. The third-order valence-electron chi connectivity index (χ3n) is 3.66. The summed E-state index contributed by atoms with van der Waals surface area (Å²) in [5.41, 5.74) is 8.65. The van der Waals surface area contributed by atoms with Crippen LogP contribution in [-0.2, 0) is 6.54 Å². The summed E-state index contributed by atoms with van der Waals surface area (Å²) in [5.74, 6) is -1.74. The van der Waals surface area contributed by atoms with Gasteiger partial charge in [0.2, 0.25) is 5.91 Å². The molecule has 13 heteroatoms. The smallest absolute Gasteiger partial charge is 0.406 e. The highest BCUT2D eigenvalue weighted by atomic mass is 19.4. The van der Waals surface area contributed by atoms with Gasteiger partial charge in [0.15, 0.2) is 5.82 Å². The third-order valence-corrected chi connectivity index (χ3v) is 3.66. The van der Waals surface area contributed by atoms with Crippen molar-refractivity contribution in [3.05, 3.63) is 76.4 Å². The number of alkyl halides is 3. The Morgan fingerprint density at radius 2 is 1.97 bits per heavy atom. The number of hydrogen-bond acceptors (Lipinski definition) is 5. The van der Waals surface area contributed by atoms with Crippen LogP contribution in [0.1, 0.15) is 16.2 Å². The van der Waals surface area contributed by atoms with Gasteiger partial charge in [0.25, 0.3) is 0 Å². The number of benzene rings is 2. The molecule has 0 spiro atoms. The summed E-state index contributed by atoms with van der Waals surface area (Å²) in [4.78, 5) is 17.8. The third kappa shape index (κ3) is 5.23. The maximum atomic E-state index is 14.1. The van der Waals surface area contributed by atoms with Crippen LogP contribution in [0.2, 0.25) is 0 Å². The molecule has 0 fully saturated rings. The molecule has 3 aromatic rings. The van der Waals surface area contributed by atoms with E-state index in [1.54, 1.807) is 0 Å². The van der Waals surface area contributed by atoms with Gasteiger partial charge in [-0.15, -0.1) is 18.3 Å². The van der Waals surface area contributed by atoms with Crippen LogP contribution in [0.25, 0.3) is 16.1 Å². The largest absolute Gasteiger partial charge is 0.573 e. The van der Waals surface area contributed by atoms with E-state index in [9.17, 15) is 22.4 Å². The van der Waals surface area contributed by atoms with E-state index in [2.05, 4.69) is 30.2 Å². The molecule has 0 saturated heterocycles. The summed E-state index contributed by atoms with van der Waals surface area (Å²) in [6.07, 6.45) is -3.44. The minimum absolute atomic E-state index is 0.0306. The van der Waals surface area contributed by atoms with Gasteiger partial charge in [0.1, 0.15) is 17.9 Å². The monoisotopic (exact) mass is 421 g/mol. The Morgan fingerprint density at radius 1 is 1.23 bits per heavy atom. The lowest BCUT2D eigenvalue weighted by Crippen LogP contribution is -2.17. The second-order valence-corrected chi connectivity index (χ2v) is 5.69. The fraction of sp³-hybridized carbons (Fsp3) is 0.118. The van der Waals surface area contributed by atoms with Crippen molar-refractivity contribution in [3.8, 4) is 11.4 Å². The fourth-order valence-corrected chi connectivity index (χ4v) is 2.37. The molecule has 0 radical (unpaired) electrons. The summed E-state index contributed by atoms with van der Waals surface area (Å²) >= 11 is 0. The van der Waals surface area contributed by atoms with E-state index in [-0.39, 0.29) is 29.4 Å². The second-order valence-electron chi connectivity index (χ2n) is 5.69. The number of nitrogens with zero attached hydrogens (tertiary/aromatic N) is 6. The van der Waals surface area contributed by atoms with E-state index >= 15 is 0 Å². The lowest BCUT2D eigenvalue weighted by atomic mass is 10.2. The molecule has 154 valence electrons. The molecule has 0 unspecified atom stereocenters. The number of ether oxygens (including phenoxy) is 1. The molecular formula is C17H11F4N7O2. The van der Waals surface area contributed by atoms with Gasteiger partial charge in [0, 0.05) is 10.5 Å². The Balaban J connectivity index is 1.65. The molecule has 0 saturated carbocycles. The van der Waals surface area contributed by atoms with Crippen molar-refractivity contribution < 1.29 is 27.1 Å². The number of hydrogen-bond donors (Lipinski definition) is 1. The molecule has 2 aromatic carbocycles. The summed E-state index contributed by atoms with van der Waals surface area (Å²) in [6.45, 7) is 0.0306. The molecule has 1 heterocycles. The Kier molecular flexibility index (Phi) is 5.83. The molecule has 3 rings (SSSR count). The topological polar surface area (TPSA) is 118 Å². The molecule has 0 atom stereocenters. The highest BCUT2D eigenvalue weighted by Gasteiger charge is 2.31. The first-order chi connectivity index (χ1) is 14.2. The van der Waals surface area contributed by atoms with E-state index in [4.69, 9.17) is 5.53 Å². The van der Waals surface area contributed by atoms with Gasteiger partial charge >= 0.3 is 6.36 Å². The van der Waals surface area contributed by atoms with Gasteiger partial charge in [-0.25, -0.2) is 14.1 Å². The van der Waals surface area contributed by atoms with Gasteiger partial charge < -0.3 is 10.1 Å². The number of nitrogens with one attached hydrogen (secondary N) is 1. The van der Waals surface area contributed by atoms with Gasteiger partial charge in [-0.05, 0) is 53.1 Å². The average Bonchev–Trinajstić information content (AvgIpc) is 3.15. The summed E-state index contributed by atoms with van der Waals surface area (Å²) in [6, 6.07) is 8.52. The van der Waals surface area contributed by atoms with E-state index < -0.39 is 18.1 Å². The Morgan fingerprint density at radius 3 is 2.60 bits per heavy atom. The van der Waals surface area contributed by atoms with Crippen molar-refractivity contribution in [1.29, 1.82) is 0 Å². The maximum Gasteiger partial charge on any atom is 0.573 e. The summed E-state index contributed by atoms with van der Waals surface area (Å²) in [7, 11) is 0. The van der Waals surface area contributed by atoms with E-state index in [0.717, 1.165) is 18.2 Å². The molecule has 9 nitrogen and oxygen atoms in total. The first kappa shape index (κ1) is 20.6. The van der Waals surface area contributed by atoms with E-state index in [1.165, 1.54) is 35.3 Å². The zero-order valence-corrected chi connectivity index (χ0v) is 14.8. The fourth-order valence-electron chi connectivity index (χ4n) is 2.37. The first-order valence-corrected chi connectivity index (χ1v) is 8.15. The van der Waals surface area contributed by atoms with Gasteiger partial charge in [-0.3, -0.25) is 4.79 Å². The summed E-state index contributed by atoms with van der Waals surface area (Å²) in [5, 5.41) is 9.78. The van der Waals surface area contributed by atoms with Crippen molar-refractivity contribution in [2.75, 3.05) is 5.32 Å². The summed E-state index contributed by atoms with van der Waals surface area (Å²) < 4.78 is 55.8. The highest BCUT2D eigenvalue weighted by molar-refractivity contribution is 5.95. The van der Waals surface area contributed by atoms with E-state index in [1.807, 2.05) is 0 Å². The quantitative estimate of drug-likeness (QED) is 0.274. The van der Waals surface area contributed by atoms with Gasteiger partial charge in [-0.2, -0.15) is 0 Å². The molecule has 0 aliphatic rings. The molecule has 1 amide bonds. The molecule has 0 bridgehead atoms. The van der Waals surface area contributed by atoms with Crippen LogP contribution in [0.4, 0.5) is 23.2 Å². The van der Waals surface area contributed by atoms with Crippen LogP contribution in [0.3, 0.4) is 0 Å². The second kappa shape index (κ2) is 8.49. The molecule has 0 aliphatic carbocycles. The van der Waals surface area contributed by atoms with Crippen LogP contribution in [0, 0.1) is 5.82 Å². The zero-order valence-electron chi connectivity index (χ0n) is 14.8. The van der Waals surface area contributed by atoms with Crippen molar-refractivity contribution in [1.82, 2.24) is 14.8 Å². The molecule has 1 aromatic heterocycles. The van der Waals surface area contributed by atoms with Gasteiger partial charge in [-0.1, -0.05) is 0 Å². The van der Waals surface area contributed by atoms with Crippen LogP contribution < -0.4 is 10.1 Å². The predicted octanol–water partition coefficient (Wildman–Crippen LogP) is 4.37. The van der Waals surface area contributed by atoms with Crippen molar-refractivity contribution in [2.24, 2.45) is 5.11 Å². The molecular weight excluding hydrogens is 410 g/mol. The number of carbonyl (C=O) groups excluding carboxylic acids is 1. The van der Waals surface area contributed by atoms with Crippen molar-refractivity contribution in [3.63, 3.8) is 0 Å². The average molecular weight is 421 g/mol. The van der Waals surface area contributed by atoms with Crippen LogP contribution in [0.5, 0.6) is 5.75 Å². The normalized spacial score (nSPS) is 10.9. The number of aromatic nitrogens is 3. The number of anilines is 1. The van der Waals surface area contributed by atoms with Crippen molar-refractivity contribution >= 4 is 11.6 Å². The lowest BCUT2D eigenvalue weighted by molar-refractivity contribution is -0.274. The maximum absolute atomic E-state index is 14.1. The Labute approximate surface area is 165 Å². The standard InChI is InChI=1S/C17H11F4N7O2/c18-13-7-10(16(29)25-27-22)1-6-14(13)23-8-15-24-9-28(26-15)11-2-4-12(5-3-11)30-17(19,20)21/h1-7,9,23H,8H2. The predicted molar refractivity (Wildman–Crippen MR) is 95.2 cm³/mol. The number of azide groups is 1. The number of halogens is 4. The van der Waals surface area contributed by atoms with Crippen LogP contribution in [-0.4, -0.2) is 27.0 Å². The SMILES string of the molecule is [N-]=[N+]=NC(=O)c1ccc(NCc2ncn(-c3ccc(OC(F)(F)F)cc3)n2)c(F)c1. The Hall–Kier alpha value is -4.12. The van der Waals surface area contributed by atoms with Crippen molar-refractivity contribution in [2.45, 2.75) is 12.9 Å². The number of rotatable bonds is 6. The number of amides is 1. The first-order valence-electron chi connectivity index (χ1n) is 8.15. The molecule has 30 heavy (non-hydrogen) atoms. The van der Waals surface area contributed by atoms with Gasteiger partial charge in [0.05, 0.1) is 17.9 Å². The highest BCUT2D eigenvalue weighted by Crippen LogP contribution is 2.23. The number of carbonyl (C=O) groups is 1. The zero-order chi connectivity index (χ0) is 21.7. The minimum atomic E-state index is -4.78. The van der Waals surface area contributed by atoms with Crippen LogP contribution >= 0.6 is 0 Å².